The third-order valence-corrected chi connectivity index (χ3v) is 6.05. The molecular weight excluding hydrogens is 432 g/mol. The van der Waals surface area contributed by atoms with Gasteiger partial charge in [0.2, 0.25) is 10.0 Å². The van der Waals surface area contributed by atoms with E-state index in [0.29, 0.717) is 5.56 Å². The minimum atomic E-state index is -3.91. The van der Waals surface area contributed by atoms with Crippen LogP contribution in [0.25, 0.3) is 0 Å². The molecule has 0 aromatic heterocycles. The highest BCUT2D eigenvalue weighted by Gasteiger charge is 2.33. The van der Waals surface area contributed by atoms with Crippen molar-refractivity contribution in [1.29, 1.82) is 0 Å². The van der Waals surface area contributed by atoms with E-state index in [1.807, 2.05) is 0 Å². The second kappa shape index (κ2) is 7.53. The Balaban J connectivity index is 0.000000208. The number of aryl methyl sites for hydroxylation is 1. The maximum atomic E-state index is 11.3. The predicted molar refractivity (Wildman–Crippen MR) is 97.0 cm³/mol. The fraction of sp³-hybridized carbons (Fsp3) is 0.0714. The molecule has 1 aliphatic heterocycles. The summed E-state index contributed by atoms with van der Waals surface area (Å²) < 4.78 is 46.3. The van der Waals surface area contributed by atoms with Crippen molar-refractivity contribution in [3.05, 3.63) is 67.8 Å². The Hall–Kier alpha value is -3.43. The summed E-state index contributed by atoms with van der Waals surface area (Å²) in [6, 6.07) is 6.59. The van der Waals surface area contributed by atoms with E-state index in [4.69, 9.17) is 5.14 Å². The van der Waals surface area contributed by atoms with Crippen LogP contribution in [0.5, 0.6) is 0 Å². The zero-order chi connectivity index (χ0) is 22.1. The van der Waals surface area contributed by atoms with Crippen LogP contribution in [0.4, 0.5) is 11.4 Å². The highest BCUT2D eigenvalue weighted by molar-refractivity contribution is 7.90. The van der Waals surface area contributed by atoms with Gasteiger partial charge < -0.3 is 0 Å². The zero-order valence-corrected chi connectivity index (χ0v) is 16.1. The van der Waals surface area contributed by atoms with E-state index in [2.05, 4.69) is 0 Å². The molecule has 0 aliphatic carbocycles. The van der Waals surface area contributed by atoms with E-state index in [1.165, 1.54) is 19.1 Å². The number of nitro benzene ring substituents is 2. The first-order chi connectivity index (χ1) is 13.2. The summed E-state index contributed by atoms with van der Waals surface area (Å²) in [6.07, 6.45) is 0. The van der Waals surface area contributed by atoms with E-state index in [1.54, 1.807) is 4.72 Å². The van der Waals surface area contributed by atoms with Gasteiger partial charge in [-0.2, -0.15) is 0 Å². The van der Waals surface area contributed by atoms with Crippen LogP contribution in [-0.4, -0.2) is 32.6 Å². The lowest BCUT2D eigenvalue weighted by Gasteiger charge is -2.01. The van der Waals surface area contributed by atoms with Crippen LogP contribution in [-0.2, 0) is 20.0 Å². The van der Waals surface area contributed by atoms with Crippen LogP contribution in [0.2, 0.25) is 0 Å². The number of rotatable bonds is 3. The lowest BCUT2D eigenvalue weighted by atomic mass is 10.2. The molecule has 0 atom stereocenters. The summed E-state index contributed by atoms with van der Waals surface area (Å²) >= 11 is 0. The van der Waals surface area contributed by atoms with Gasteiger partial charge >= 0.3 is 0 Å². The van der Waals surface area contributed by atoms with Crippen molar-refractivity contribution in [2.24, 2.45) is 5.14 Å². The van der Waals surface area contributed by atoms with Crippen molar-refractivity contribution < 1.29 is 31.5 Å². The van der Waals surface area contributed by atoms with Gasteiger partial charge in [-0.05, 0) is 18.6 Å². The Morgan fingerprint density at radius 3 is 2.03 bits per heavy atom. The molecule has 0 fully saturated rings. The molecule has 13 nitrogen and oxygen atoms in total. The van der Waals surface area contributed by atoms with Gasteiger partial charge in [-0.1, -0.05) is 6.07 Å². The first kappa shape index (κ1) is 21.9. The molecule has 154 valence electrons. The molecule has 1 amide bonds. The molecule has 1 heterocycles. The summed E-state index contributed by atoms with van der Waals surface area (Å²) in [7, 11) is -7.81. The van der Waals surface area contributed by atoms with E-state index in [9.17, 15) is 41.9 Å². The van der Waals surface area contributed by atoms with E-state index >= 15 is 0 Å². The number of non-ortho nitro benzene ring substituents is 2. The summed E-state index contributed by atoms with van der Waals surface area (Å²) in [4.78, 5) is 29.9. The minimum Gasteiger partial charge on any atom is -0.268 e. The van der Waals surface area contributed by atoms with Crippen molar-refractivity contribution in [2.45, 2.75) is 16.7 Å². The second-order valence-corrected chi connectivity index (χ2v) is 8.80. The van der Waals surface area contributed by atoms with Crippen molar-refractivity contribution in [3.63, 3.8) is 0 Å². The number of hydrogen-bond acceptors (Lipinski definition) is 9. The fourth-order valence-corrected chi connectivity index (χ4v) is 4.27. The number of fused-ring (bicyclic) bond motifs is 1. The lowest BCUT2D eigenvalue weighted by Crippen LogP contribution is -2.20. The summed E-state index contributed by atoms with van der Waals surface area (Å²) in [5.41, 5.74) is -0.341. The topological polar surface area (TPSA) is 210 Å². The molecule has 0 unspecified atom stereocenters. The number of carbonyl (C=O) groups excluding carboxylic acids is 1. The van der Waals surface area contributed by atoms with E-state index < -0.39 is 35.8 Å². The van der Waals surface area contributed by atoms with Crippen LogP contribution in [0.3, 0.4) is 0 Å². The molecule has 3 rings (SSSR count). The van der Waals surface area contributed by atoms with Crippen molar-refractivity contribution in [2.75, 3.05) is 0 Å². The van der Waals surface area contributed by atoms with Gasteiger partial charge in [-0.15, -0.1) is 0 Å². The molecule has 1 aliphatic rings. The quantitative estimate of drug-likeness (QED) is 0.500. The lowest BCUT2D eigenvalue weighted by molar-refractivity contribution is -0.385. The zero-order valence-electron chi connectivity index (χ0n) is 14.4. The SMILES string of the molecule is Cc1ccc([N+](=O)[O-])cc1S(N)(=O)=O.O=C1NS(=O)(=O)c2cc([N+](=O)[O-])ccc21. The Labute approximate surface area is 163 Å². The average Bonchev–Trinajstić information content (AvgIpc) is 2.83. The highest BCUT2D eigenvalue weighted by Crippen LogP contribution is 2.26. The largest absolute Gasteiger partial charge is 0.270 e. The maximum Gasteiger partial charge on any atom is 0.270 e. The number of amides is 1. The molecule has 0 saturated heterocycles. The van der Waals surface area contributed by atoms with Crippen LogP contribution >= 0.6 is 0 Å². The Morgan fingerprint density at radius 1 is 1.00 bits per heavy atom. The van der Waals surface area contributed by atoms with Crippen molar-refractivity contribution >= 4 is 37.3 Å². The molecule has 0 spiro atoms. The van der Waals surface area contributed by atoms with Gasteiger partial charge in [0.05, 0.1) is 20.3 Å². The molecule has 29 heavy (non-hydrogen) atoms. The molecule has 0 radical (unpaired) electrons. The number of primary sulfonamides is 1. The first-order valence-corrected chi connectivity index (χ1v) is 10.4. The molecule has 3 N–H and O–H groups in total. The minimum absolute atomic E-state index is 0.0689. The number of carbonyl (C=O) groups is 1. The number of nitrogens with two attached hydrogens (primary N) is 1. The number of hydrogen-bond donors (Lipinski definition) is 2. The van der Waals surface area contributed by atoms with Crippen LogP contribution < -0.4 is 9.86 Å². The Morgan fingerprint density at radius 2 is 1.52 bits per heavy atom. The van der Waals surface area contributed by atoms with Crippen molar-refractivity contribution in [1.82, 2.24) is 4.72 Å². The predicted octanol–water partition coefficient (Wildman–Crippen LogP) is 0.578. The Bertz CT molecular complexity index is 1250. The van der Waals surface area contributed by atoms with Gasteiger partial charge in [0, 0.05) is 24.3 Å². The summed E-state index contributed by atoms with van der Waals surface area (Å²) in [5, 5.41) is 25.6. The monoisotopic (exact) mass is 444 g/mol. The Kier molecular flexibility index (Phi) is 5.68. The third kappa shape index (κ3) is 4.71. The molecule has 0 bridgehead atoms. The smallest absolute Gasteiger partial charge is 0.268 e. The van der Waals surface area contributed by atoms with Gasteiger partial charge in [-0.3, -0.25) is 25.0 Å². The van der Waals surface area contributed by atoms with Gasteiger partial charge in [0.25, 0.3) is 27.3 Å². The number of nitrogens with zero attached hydrogens (tertiary/aromatic N) is 2. The van der Waals surface area contributed by atoms with E-state index in [0.717, 1.165) is 24.3 Å². The number of nitrogens with one attached hydrogen (secondary N) is 1. The number of benzene rings is 2. The molecule has 15 heteroatoms. The normalized spacial score (nSPS) is 14.2. The maximum absolute atomic E-state index is 11.3. The van der Waals surface area contributed by atoms with Gasteiger partial charge in [-0.25, -0.2) is 26.7 Å². The van der Waals surface area contributed by atoms with Crippen LogP contribution in [0.15, 0.2) is 46.2 Å². The second-order valence-electron chi connectivity index (χ2n) is 5.62. The number of sulfonamides is 2. The molecule has 2 aromatic rings. The highest BCUT2D eigenvalue weighted by atomic mass is 32.2. The molecular formula is C14H12N4O9S2. The van der Waals surface area contributed by atoms with E-state index in [-0.39, 0.29) is 26.7 Å². The van der Waals surface area contributed by atoms with Gasteiger partial charge in [0.1, 0.15) is 4.90 Å². The average molecular weight is 444 g/mol. The van der Waals surface area contributed by atoms with Crippen LogP contribution in [0, 0.1) is 27.2 Å². The molecule has 0 saturated carbocycles. The summed E-state index contributed by atoms with van der Waals surface area (Å²) in [6.45, 7) is 1.52. The summed E-state index contributed by atoms with van der Waals surface area (Å²) in [5.74, 6) is -0.764. The molecule has 2 aromatic carbocycles. The number of nitro groups is 2. The van der Waals surface area contributed by atoms with Gasteiger partial charge in [0.15, 0.2) is 0 Å². The fourth-order valence-electron chi connectivity index (χ4n) is 2.28. The van der Waals surface area contributed by atoms with Crippen LogP contribution in [0.1, 0.15) is 15.9 Å². The van der Waals surface area contributed by atoms with Crippen molar-refractivity contribution in [3.8, 4) is 0 Å². The third-order valence-electron chi connectivity index (χ3n) is 3.63. The first-order valence-electron chi connectivity index (χ1n) is 7.37. The standard InChI is InChI=1S/C7H4N2O5S.C7H8N2O4S/c10-7-5-2-1-4(9(11)12)3-6(5)15(13,14)8-7;1-5-2-3-6(9(10)11)4-7(5)14(8,12)13/h1-3H,(H,8,10);2-4H,1H3,(H2,8,12,13).